The Kier molecular flexibility index (Phi) is 3.88. The van der Waals surface area contributed by atoms with Crippen LogP contribution in [0.15, 0.2) is 64.2 Å². The zero-order chi connectivity index (χ0) is 26.5. The third-order valence-electron chi connectivity index (χ3n) is 8.52. The van der Waals surface area contributed by atoms with E-state index in [1.165, 1.54) is 0 Å². The molecule has 0 N–H and O–H groups in total. The van der Waals surface area contributed by atoms with Gasteiger partial charge in [0.25, 0.3) is 0 Å². The fourth-order valence-corrected chi connectivity index (χ4v) is 7.68. The van der Waals surface area contributed by atoms with Crippen molar-refractivity contribution in [3.8, 4) is 0 Å². The molecule has 3 nitrogen and oxygen atoms in total. The Morgan fingerprint density at radius 3 is 1.71 bits per heavy atom. The number of nitrogens with zero attached hydrogens (tertiary/aromatic N) is 1. The minimum atomic E-state index is -0.130. The summed E-state index contributed by atoms with van der Waals surface area (Å²) >= 11 is 1.65. The summed E-state index contributed by atoms with van der Waals surface area (Å²) in [7, 11) is 0. The van der Waals surface area contributed by atoms with Gasteiger partial charge in [-0.05, 0) is 58.4 Å². The fourth-order valence-electron chi connectivity index (χ4n) is 6.45. The lowest BCUT2D eigenvalue weighted by Gasteiger charge is -2.20. The van der Waals surface area contributed by atoms with Gasteiger partial charge in [-0.25, -0.2) is 0 Å². The maximum Gasteiger partial charge on any atom is 0.198 e. The Morgan fingerprint density at radius 2 is 1.11 bits per heavy atom. The highest BCUT2D eigenvalue weighted by Gasteiger charge is 2.29. The molecule has 4 aromatic heterocycles. The Hall–Kier alpha value is -3.76. The zero-order valence-electron chi connectivity index (χ0n) is 22.4. The van der Waals surface area contributed by atoms with E-state index in [0.717, 1.165) is 69.4 Å². The highest BCUT2D eigenvalue weighted by Crippen LogP contribution is 2.45. The first-order valence-electron chi connectivity index (χ1n) is 13.2. The molecule has 0 aliphatic carbocycles. The highest BCUT2D eigenvalue weighted by molar-refractivity contribution is 7.26. The molecule has 0 aliphatic rings. The Morgan fingerprint density at radius 1 is 0.579 bits per heavy atom. The second-order valence-corrected chi connectivity index (χ2v) is 14.0. The quantitative estimate of drug-likeness (QED) is 0.150. The van der Waals surface area contributed by atoms with E-state index in [4.69, 9.17) is 0 Å². The Balaban J connectivity index is 1.80. The van der Waals surface area contributed by atoms with E-state index in [1.54, 1.807) is 11.3 Å². The number of hydrogen-bond acceptors (Lipinski definition) is 3. The largest absolute Gasteiger partial charge is 0.306 e. The van der Waals surface area contributed by atoms with Gasteiger partial charge in [0.15, 0.2) is 10.9 Å². The molecule has 0 bridgehead atoms. The maximum atomic E-state index is 14.5. The van der Waals surface area contributed by atoms with E-state index >= 15 is 0 Å². The molecule has 0 fully saturated rings. The van der Waals surface area contributed by atoms with Crippen LogP contribution in [0.25, 0.3) is 69.0 Å². The van der Waals surface area contributed by atoms with E-state index in [9.17, 15) is 9.59 Å². The van der Waals surface area contributed by atoms with Crippen molar-refractivity contribution in [3.63, 3.8) is 0 Å². The second-order valence-electron chi connectivity index (χ2n) is 13.0. The minimum Gasteiger partial charge on any atom is -0.306 e. The summed E-state index contributed by atoms with van der Waals surface area (Å²) < 4.78 is 4.34. The molecule has 8 aromatic rings. The molecular formula is C34H27NO2S. The van der Waals surface area contributed by atoms with Crippen molar-refractivity contribution in [2.24, 2.45) is 0 Å². The number of hydrogen-bond donors (Lipinski definition) is 0. The molecule has 8 rings (SSSR count). The lowest BCUT2D eigenvalue weighted by Crippen LogP contribution is -2.16. The Bertz CT molecular complexity index is 2370. The van der Waals surface area contributed by atoms with Gasteiger partial charge in [0.1, 0.15) is 0 Å². The van der Waals surface area contributed by atoms with Gasteiger partial charge in [0.05, 0.1) is 21.9 Å². The molecule has 4 aromatic carbocycles. The van der Waals surface area contributed by atoms with Gasteiger partial charge in [-0.15, -0.1) is 11.3 Å². The maximum absolute atomic E-state index is 14.5. The molecule has 0 aliphatic heterocycles. The van der Waals surface area contributed by atoms with Crippen LogP contribution in [0.2, 0.25) is 0 Å². The van der Waals surface area contributed by atoms with Gasteiger partial charge in [0.2, 0.25) is 0 Å². The van der Waals surface area contributed by atoms with Crippen molar-refractivity contribution in [1.29, 1.82) is 0 Å². The van der Waals surface area contributed by atoms with Crippen LogP contribution in [-0.4, -0.2) is 4.40 Å². The van der Waals surface area contributed by atoms with Gasteiger partial charge < -0.3 is 4.40 Å². The van der Waals surface area contributed by atoms with Gasteiger partial charge in [-0.2, -0.15) is 0 Å². The highest BCUT2D eigenvalue weighted by atomic mass is 32.1. The molecule has 0 spiro atoms. The van der Waals surface area contributed by atoms with Crippen LogP contribution in [0.1, 0.15) is 52.7 Å². The first-order valence-corrected chi connectivity index (χ1v) is 14.0. The van der Waals surface area contributed by atoms with Crippen molar-refractivity contribution in [1.82, 2.24) is 4.40 Å². The Labute approximate surface area is 222 Å². The van der Waals surface area contributed by atoms with E-state index in [-0.39, 0.29) is 21.7 Å². The number of pyridine rings is 2. The van der Waals surface area contributed by atoms with Gasteiger partial charge >= 0.3 is 0 Å². The third kappa shape index (κ3) is 2.54. The van der Waals surface area contributed by atoms with E-state index in [0.29, 0.717) is 10.8 Å². The molecule has 0 unspecified atom stereocenters. The topological polar surface area (TPSA) is 38.5 Å². The SMILES string of the molecule is CC(C)(C)c1cc2c(=O)c3cc4c5ccccc5sc4c4c(=O)c5cc(C(C)(C)C)cc6c(c1)c2n(c56)c34. The van der Waals surface area contributed by atoms with Crippen LogP contribution in [0.5, 0.6) is 0 Å². The van der Waals surface area contributed by atoms with Crippen molar-refractivity contribution in [2.75, 3.05) is 0 Å². The second kappa shape index (κ2) is 6.62. The van der Waals surface area contributed by atoms with Crippen LogP contribution >= 0.6 is 11.3 Å². The fraction of sp³-hybridized carbons (Fsp3) is 0.235. The van der Waals surface area contributed by atoms with Crippen molar-refractivity contribution >= 4 is 80.4 Å². The smallest absolute Gasteiger partial charge is 0.198 e. The molecule has 0 radical (unpaired) electrons. The van der Waals surface area contributed by atoms with Crippen LogP contribution in [-0.2, 0) is 10.8 Å². The van der Waals surface area contributed by atoms with Gasteiger partial charge in [0, 0.05) is 47.1 Å². The number of fused-ring (bicyclic) bond motifs is 5. The third-order valence-corrected chi connectivity index (χ3v) is 9.72. The average molecular weight is 514 g/mol. The number of aromatic nitrogens is 1. The summed E-state index contributed by atoms with van der Waals surface area (Å²) in [6.07, 6.45) is 0. The molecule has 0 saturated carbocycles. The van der Waals surface area contributed by atoms with Crippen LogP contribution in [0.4, 0.5) is 0 Å². The summed E-state index contributed by atoms with van der Waals surface area (Å²) in [6, 6.07) is 19.0. The van der Waals surface area contributed by atoms with Crippen molar-refractivity contribution in [3.05, 3.63) is 86.2 Å². The van der Waals surface area contributed by atoms with Gasteiger partial charge in [-0.3, -0.25) is 9.59 Å². The molecule has 4 heterocycles. The van der Waals surface area contributed by atoms with E-state index < -0.39 is 0 Å². The zero-order valence-corrected chi connectivity index (χ0v) is 23.2. The summed E-state index contributed by atoms with van der Waals surface area (Å²) in [5.74, 6) is 0. The van der Waals surface area contributed by atoms with Crippen molar-refractivity contribution in [2.45, 2.75) is 52.4 Å². The van der Waals surface area contributed by atoms with Crippen LogP contribution in [0, 0.1) is 0 Å². The average Bonchev–Trinajstić information content (AvgIpc) is 3.40. The standard InChI is InChI=1S/C34H27NO2S/c1-33(2,3)16-11-19-20-12-17(34(4,5)6)14-23-28(20)35-27(19)22(13-16)30(36)24-15-21-18-9-7-8-10-25(18)38-32(21)26(29(24)35)31(23)37/h7-15H,1-6H3. The van der Waals surface area contributed by atoms with E-state index in [1.807, 2.05) is 18.2 Å². The summed E-state index contributed by atoms with van der Waals surface area (Å²) in [4.78, 5) is 28.9. The molecule has 38 heavy (non-hydrogen) atoms. The number of benzene rings is 4. The van der Waals surface area contributed by atoms with Crippen molar-refractivity contribution < 1.29 is 0 Å². The summed E-state index contributed by atoms with van der Waals surface area (Å²) in [5, 5.41) is 6.99. The minimum absolute atomic E-state index is 0.0112. The molecule has 0 amide bonds. The van der Waals surface area contributed by atoms with Gasteiger partial charge in [-0.1, -0.05) is 59.7 Å². The number of rotatable bonds is 0. The molecular weight excluding hydrogens is 486 g/mol. The molecule has 186 valence electrons. The lowest BCUT2D eigenvalue weighted by atomic mass is 9.84. The number of thiophene rings is 1. The lowest BCUT2D eigenvalue weighted by molar-refractivity contribution is 0.591. The van der Waals surface area contributed by atoms with Crippen LogP contribution in [0.3, 0.4) is 0 Å². The molecule has 0 saturated heterocycles. The predicted octanol–water partition coefficient (Wildman–Crippen LogP) is 8.55. The predicted molar refractivity (Wildman–Crippen MR) is 164 cm³/mol. The molecule has 4 heteroatoms. The first-order chi connectivity index (χ1) is 17.9. The van der Waals surface area contributed by atoms with Crippen LogP contribution < -0.4 is 10.9 Å². The first kappa shape index (κ1) is 22.2. The normalized spacial score (nSPS) is 13.7. The van der Waals surface area contributed by atoms with E-state index in [2.05, 4.69) is 82.3 Å². The summed E-state index contributed by atoms with van der Waals surface area (Å²) in [6.45, 7) is 13.1. The molecule has 0 atom stereocenters. The summed E-state index contributed by atoms with van der Waals surface area (Å²) in [5.41, 5.74) is 4.69. The monoisotopic (exact) mass is 513 g/mol.